The second-order valence-electron chi connectivity index (χ2n) is 6.10. The molecule has 30 heavy (non-hydrogen) atoms. The van der Waals surface area contributed by atoms with E-state index in [1.165, 1.54) is 41.1 Å². The van der Waals surface area contributed by atoms with Crippen LogP contribution in [0.2, 0.25) is 5.02 Å². The van der Waals surface area contributed by atoms with Crippen molar-refractivity contribution in [3.8, 4) is 0 Å². The number of hydrogen-bond acceptors (Lipinski definition) is 5. The van der Waals surface area contributed by atoms with Crippen molar-refractivity contribution in [2.24, 2.45) is 0 Å². The Bertz CT molecular complexity index is 1320. The Morgan fingerprint density at radius 3 is 2.80 bits per heavy atom. The summed E-state index contributed by atoms with van der Waals surface area (Å²) in [7, 11) is 0. The molecule has 0 spiro atoms. The lowest BCUT2D eigenvalue weighted by Gasteiger charge is -2.05. The zero-order chi connectivity index (χ0) is 21.3. The third-order valence-corrected chi connectivity index (χ3v) is 5.24. The van der Waals surface area contributed by atoms with Crippen molar-refractivity contribution in [3.05, 3.63) is 82.0 Å². The van der Waals surface area contributed by atoms with Gasteiger partial charge in [0.1, 0.15) is 23.2 Å². The minimum absolute atomic E-state index is 0.136. The third kappa shape index (κ3) is 4.19. The van der Waals surface area contributed by atoms with E-state index in [9.17, 15) is 18.4 Å². The van der Waals surface area contributed by atoms with Crippen LogP contribution < -0.4 is 11.0 Å². The van der Waals surface area contributed by atoms with Gasteiger partial charge in [0.05, 0.1) is 5.02 Å². The summed E-state index contributed by atoms with van der Waals surface area (Å²) in [4.78, 5) is 29.7. The summed E-state index contributed by atoms with van der Waals surface area (Å²) in [6.07, 6.45) is 2.84. The minimum Gasteiger partial charge on any atom is -0.324 e. The average molecular weight is 448 g/mol. The number of amides is 1. The first-order chi connectivity index (χ1) is 14.4. The first-order valence-electron chi connectivity index (χ1n) is 8.53. The molecule has 0 aliphatic carbocycles. The quantitative estimate of drug-likeness (QED) is 0.505. The van der Waals surface area contributed by atoms with Gasteiger partial charge in [-0.3, -0.25) is 4.79 Å². The second kappa shape index (κ2) is 8.25. The molecule has 152 valence electrons. The summed E-state index contributed by atoms with van der Waals surface area (Å²) in [6.45, 7) is -0.375. The Hall–Kier alpha value is -3.24. The topological polar surface area (TPSA) is 81.3 Å². The molecule has 0 radical (unpaired) electrons. The Morgan fingerprint density at radius 2 is 2.03 bits per heavy atom. The molecule has 0 saturated carbocycles. The van der Waals surface area contributed by atoms with E-state index in [0.717, 1.165) is 22.5 Å². The number of nitrogens with one attached hydrogen (secondary N) is 1. The van der Waals surface area contributed by atoms with E-state index < -0.39 is 23.2 Å². The van der Waals surface area contributed by atoms with Gasteiger partial charge in [0.15, 0.2) is 5.65 Å². The molecule has 1 amide bonds. The van der Waals surface area contributed by atoms with Crippen molar-refractivity contribution >= 4 is 40.6 Å². The van der Waals surface area contributed by atoms with E-state index in [4.69, 9.17) is 11.6 Å². The van der Waals surface area contributed by atoms with Gasteiger partial charge < -0.3 is 5.32 Å². The summed E-state index contributed by atoms with van der Waals surface area (Å²) >= 11 is 6.84. The van der Waals surface area contributed by atoms with Gasteiger partial charge in [-0.25, -0.2) is 27.6 Å². The molecular weight excluding hydrogens is 436 g/mol. The molecule has 2 aromatic carbocycles. The fourth-order valence-electron chi connectivity index (χ4n) is 2.65. The van der Waals surface area contributed by atoms with E-state index >= 15 is 0 Å². The zero-order valence-electron chi connectivity index (χ0n) is 15.1. The lowest BCUT2D eigenvalue weighted by atomic mass is 10.3. The van der Waals surface area contributed by atoms with Crippen LogP contribution in [0.1, 0.15) is 0 Å². The molecule has 4 aromatic rings. The fraction of sp³-hybridized carbons (Fsp3) is 0.0526. The largest absolute Gasteiger partial charge is 0.350 e. The summed E-state index contributed by atoms with van der Waals surface area (Å²) in [6, 6.07) is 9.67. The lowest BCUT2D eigenvalue weighted by Crippen LogP contribution is -2.28. The van der Waals surface area contributed by atoms with Crippen molar-refractivity contribution in [2.75, 3.05) is 5.32 Å². The SMILES string of the molecule is O=C(Cn1nc2c(Sc3cccc(F)c3)nccn2c1=O)Nc1ccc(F)c(Cl)c1. The summed E-state index contributed by atoms with van der Waals surface area (Å²) < 4.78 is 28.9. The Balaban J connectivity index is 1.59. The van der Waals surface area contributed by atoms with Gasteiger partial charge in [0, 0.05) is 23.0 Å². The van der Waals surface area contributed by atoms with Gasteiger partial charge in [0.2, 0.25) is 5.91 Å². The number of carbonyl (C=O) groups excluding carboxylic acids is 1. The summed E-state index contributed by atoms with van der Waals surface area (Å²) in [5, 5.41) is 6.96. The van der Waals surface area contributed by atoms with Crippen molar-refractivity contribution in [2.45, 2.75) is 16.5 Å². The fourth-order valence-corrected chi connectivity index (χ4v) is 3.72. The number of hydrogen-bond donors (Lipinski definition) is 1. The van der Waals surface area contributed by atoms with Gasteiger partial charge in [0.25, 0.3) is 0 Å². The number of fused-ring (bicyclic) bond motifs is 1. The molecule has 2 heterocycles. The molecule has 1 N–H and O–H groups in total. The van der Waals surface area contributed by atoms with Crippen molar-refractivity contribution in [1.82, 2.24) is 19.2 Å². The Labute approximate surface area is 177 Å². The monoisotopic (exact) mass is 447 g/mol. The van der Waals surface area contributed by atoms with Crippen LogP contribution in [0.5, 0.6) is 0 Å². The van der Waals surface area contributed by atoms with Crippen LogP contribution in [0.4, 0.5) is 14.5 Å². The first-order valence-corrected chi connectivity index (χ1v) is 9.72. The van der Waals surface area contributed by atoms with E-state index in [2.05, 4.69) is 15.4 Å². The number of anilines is 1. The number of nitrogens with zero attached hydrogens (tertiary/aromatic N) is 4. The van der Waals surface area contributed by atoms with Gasteiger partial charge in [-0.15, -0.1) is 5.10 Å². The third-order valence-electron chi connectivity index (χ3n) is 3.98. The zero-order valence-corrected chi connectivity index (χ0v) is 16.6. The maximum absolute atomic E-state index is 13.4. The maximum atomic E-state index is 13.4. The smallest absolute Gasteiger partial charge is 0.324 e. The first kappa shape index (κ1) is 20.0. The molecule has 0 aliphatic heterocycles. The van der Waals surface area contributed by atoms with E-state index in [1.54, 1.807) is 12.1 Å². The van der Waals surface area contributed by atoms with E-state index in [-0.39, 0.29) is 22.9 Å². The van der Waals surface area contributed by atoms with Crippen LogP contribution in [0, 0.1) is 11.6 Å². The van der Waals surface area contributed by atoms with E-state index in [0.29, 0.717) is 9.92 Å². The van der Waals surface area contributed by atoms with Crippen LogP contribution in [-0.2, 0) is 11.3 Å². The van der Waals surface area contributed by atoms with Crippen molar-refractivity contribution in [1.29, 1.82) is 0 Å². The summed E-state index contributed by atoms with van der Waals surface area (Å²) in [5.74, 6) is -1.55. The molecular formula is C19H12ClF2N5O2S. The highest BCUT2D eigenvalue weighted by Gasteiger charge is 2.15. The number of benzene rings is 2. The predicted molar refractivity (Wildman–Crippen MR) is 108 cm³/mol. The van der Waals surface area contributed by atoms with Gasteiger partial charge in [-0.1, -0.05) is 29.4 Å². The molecule has 0 aliphatic rings. The average Bonchev–Trinajstić information content (AvgIpc) is 3.01. The standard InChI is InChI=1S/C19H12ClF2N5O2S/c20-14-9-12(4-5-15(14)22)24-16(28)10-27-19(29)26-7-6-23-18(17(26)25-27)30-13-3-1-2-11(21)8-13/h1-9H,10H2,(H,24,28). The molecule has 4 rings (SSSR count). The number of carbonyl (C=O) groups is 1. The van der Waals surface area contributed by atoms with E-state index in [1.807, 2.05) is 0 Å². The molecule has 0 bridgehead atoms. The van der Waals surface area contributed by atoms with Crippen LogP contribution in [0.3, 0.4) is 0 Å². The molecule has 0 atom stereocenters. The van der Waals surface area contributed by atoms with Gasteiger partial charge in [-0.2, -0.15) is 0 Å². The molecule has 7 nitrogen and oxygen atoms in total. The lowest BCUT2D eigenvalue weighted by molar-refractivity contribution is -0.117. The number of halogens is 3. The minimum atomic E-state index is -0.609. The highest BCUT2D eigenvalue weighted by Crippen LogP contribution is 2.28. The molecule has 2 aromatic heterocycles. The second-order valence-corrected chi connectivity index (χ2v) is 7.57. The highest BCUT2D eigenvalue weighted by molar-refractivity contribution is 7.99. The van der Waals surface area contributed by atoms with Crippen molar-refractivity contribution in [3.63, 3.8) is 0 Å². The number of rotatable bonds is 5. The normalized spacial score (nSPS) is 11.0. The van der Waals surface area contributed by atoms with Gasteiger partial charge in [-0.05, 0) is 36.4 Å². The predicted octanol–water partition coefficient (Wildman–Crippen LogP) is 3.61. The number of aromatic nitrogens is 4. The van der Waals surface area contributed by atoms with Crippen LogP contribution in [-0.4, -0.2) is 25.1 Å². The highest BCUT2D eigenvalue weighted by atomic mass is 35.5. The molecule has 0 fully saturated rings. The molecule has 0 saturated heterocycles. The Morgan fingerprint density at radius 1 is 1.20 bits per heavy atom. The van der Waals surface area contributed by atoms with Crippen LogP contribution in [0.15, 0.2) is 69.6 Å². The maximum Gasteiger partial charge on any atom is 0.350 e. The van der Waals surface area contributed by atoms with Crippen LogP contribution >= 0.6 is 23.4 Å². The van der Waals surface area contributed by atoms with Crippen LogP contribution in [0.25, 0.3) is 5.65 Å². The summed E-state index contributed by atoms with van der Waals surface area (Å²) in [5.41, 5.74) is -0.0256. The molecule has 0 unspecified atom stereocenters. The van der Waals surface area contributed by atoms with Crippen molar-refractivity contribution < 1.29 is 13.6 Å². The molecule has 11 heteroatoms. The Kier molecular flexibility index (Phi) is 5.51. The van der Waals surface area contributed by atoms with Gasteiger partial charge >= 0.3 is 5.69 Å².